The van der Waals surface area contributed by atoms with Gasteiger partial charge in [-0.25, -0.2) is 9.59 Å². The first-order chi connectivity index (χ1) is 20.2. The van der Waals surface area contributed by atoms with Crippen LogP contribution in [0.3, 0.4) is 0 Å². The Morgan fingerprint density at radius 1 is 0.791 bits per heavy atom. The van der Waals surface area contributed by atoms with E-state index in [1.54, 1.807) is 50.2 Å². The van der Waals surface area contributed by atoms with Crippen molar-refractivity contribution in [2.45, 2.75) is 91.8 Å². The molecule has 2 aromatic rings. The van der Waals surface area contributed by atoms with Crippen molar-refractivity contribution in [2.24, 2.45) is 28.6 Å². The summed E-state index contributed by atoms with van der Waals surface area (Å²) >= 11 is 0. The Morgan fingerprint density at radius 2 is 1.16 bits per heavy atom. The van der Waals surface area contributed by atoms with Crippen LogP contribution in [0.1, 0.15) is 103 Å². The molecule has 232 valence electrons. The summed E-state index contributed by atoms with van der Waals surface area (Å²) in [6.07, 6.45) is 7.58. The normalized spacial score (nSPS) is 25.1. The van der Waals surface area contributed by atoms with E-state index in [0.717, 1.165) is 35.3 Å². The molecule has 6 rings (SSSR count). The molecule has 2 N–H and O–H groups in total. The molecule has 6 heteroatoms. The number of esters is 2. The van der Waals surface area contributed by atoms with E-state index in [1.165, 1.54) is 38.5 Å². The molecule has 4 fully saturated rings. The summed E-state index contributed by atoms with van der Waals surface area (Å²) in [5, 5.41) is 21.4. The lowest BCUT2D eigenvalue weighted by molar-refractivity contribution is -0.130. The molecule has 4 aliphatic rings. The Balaban J connectivity index is 0.000000204. The van der Waals surface area contributed by atoms with E-state index in [-0.39, 0.29) is 10.8 Å². The number of hydrogen-bond donors (Lipinski definition) is 2. The number of ether oxygens (including phenoxy) is 2. The Morgan fingerprint density at radius 3 is 1.51 bits per heavy atom. The fraction of sp³-hybridized carbons (Fsp3) is 0.514. The van der Waals surface area contributed by atoms with Gasteiger partial charge in [-0.2, -0.15) is 0 Å². The third-order valence-corrected chi connectivity index (χ3v) is 9.83. The van der Waals surface area contributed by atoms with Crippen molar-refractivity contribution < 1.29 is 29.3 Å². The lowest BCUT2D eigenvalue weighted by Crippen LogP contribution is -2.48. The van der Waals surface area contributed by atoms with Gasteiger partial charge in [-0.05, 0) is 117 Å². The van der Waals surface area contributed by atoms with Crippen molar-refractivity contribution in [3.05, 3.63) is 84.0 Å². The van der Waals surface area contributed by atoms with Gasteiger partial charge in [-0.15, -0.1) is 0 Å². The zero-order valence-electron chi connectivity index (χ0n) is 26.4. The third-order valence-electron chi connectivity index (χ3n) is 9.83. The fourth-order valence-electron chi connectivity index (χ4n) is 7.34. The van der Waals surface area contributed by atoms with Crippen LogP contribution in [0.15, 0.2) is 72.8 Å². The molecule has 6 nitrogen and oxygen atoms in total. The second kappa shape index (κ2) is 13.2. The van der Waals surface area contributed by atoms with E-state index in [4.69, 9.17) is 9.47 Å². The molecule has 0 spiro atoms. The minimum Gasteiger partial charge on any atom is -0.423 e. The predicted octanol–water partition coefficient (Wildman–Crippen LogP) is 8.06. The third kappa shape index (κ3) is 7.66. The van der Waals surface area contributed by atoms with E-state index < -0.39 is 24.1 Å². The predicted molar refractivity (Wildman–Crippen MR) is 168 cm³/mol. The minimum absolute atomic E-state index is 0.0741. The maximum absolute atomic E-state index is 11.6. The highest BCUT2D eigenvalue weighted by Gasteiger charge is 2.54. The molecular formula is C37H48O6. The molecule has 0 aromatic heterocycles. The zero-order valence-corrected chi connectivity index (χ0v) is 26.4. The van der Waals surface area contributed by atoms with Gasteiger partial charge in [0, 0.05) is 16.6 Å². The van der Waals surface area contributed by atoms with Gasteiger partial charge in [0.15, 0.2) is 0 Å². The minimum atomic E-state index is -0.539. The standard InChI is InChI=1S/C21H26O3.C16H22O3/c1-13(2)20(23)24-18-5-3-17(4-6-18)19(22)21-10-14-7-15(11-21)9-16(8-14)12-21;1-6-16(4,5)14(17)12-7-9-13(10-8-12)19-15(18)11(2)3/h3-6,14-16,19,22H,1,7-12H2,2H3;7-10,14,17H,2,6H2,1,3-5H3. The van der Waals surface area contributed by atoms with E-state index >= 15 is 0 Å². The molecule has 0 heterocycles. The number of aliphatic hydroxyl groups excluding tert-OH is 2. The van der Waals surface area contributed by atoms with E-state index in [9.17, 15) is 19.8 Å². The SMILES string of the molecule is C=C(C)C(=O)Oc1ccc(C(O)C(C)(C)CC)cc1.C=C(C)C(=O)Oc1ccc(C(O)C23CC4CC(CC(C4)C2)C3)cc1. The number of carbonyl (C=O) groups excluding carboxylic acids is 2. The number of hydrogen-bond acceptors (Lipinski definition) is 6. The van der Waals surface area contributed by atoms with Crippen molar-refractivity contribution in [1.29, 1.82) is 0 Å². The molecule has 2 atom stereocenters. The summed E-state index contributed by atoms with van der Waals surface area (Å²) in [5.74, 6) is 2.57. The van der Waals surface area contributed by atoms with Crippen LogP contribution < -0.4 is 9.47 Å². The molecule has 4 aliphatic carbocycles. The van der Waals surface area contributed by atoms with Gasteiger partial charge in [0.1, 0.15) is 11.5 Å². The summed E-state index contributed by atoms with van der Waals surface area (Å²) in [6.45, 7) is 16.4. The summed E-state index contributed by atoms with van der Waals surface area (Å²) in [6, 6.07) is 14.3. The topological polar surface area (TPSA) is 93.1 Å². The summed E-state index contributed by atoms with van der Waals surface area (Å²) < 4.78 is 10.3. The lowest BCUT2D eigenvalue weighted by Gasteiger charge is -2.58. The van der Waals surface area contributed by atoms with Gasteiger partial charge in [-0.1, -0.05) is 58.2 Å². The van der Waals surface area contributed by atoms with Gasteiger partial charge in [0.2, 0.25) is 0 Å². The quantitative estimate of drug-likeness (QED) is 0.175. The van der Waals surface area contributed by atoms with Crippen LogP contribution in [0.4, 0.5) is 0 Å². The molecule has 0 radical (unpaired) electrons. The number of aliphatic hydroxyl groups is 2. The van der Waals surface area contributed by atoms with Gasteiger partial charge >= 0.3 is 11.9 Å². The highest BCUT2D eigenvalue weighted by atomic mass is 16.5. The highest BCUT2D eigenvalue weighted by molar-refractivity contribution is 5.89. The molecule has 0 aliphatic heterocycles. The molecule has 2 aromatic carbocycles. The summed E-state index contributed by atoms with van der Waals surface area (Å²) in [7, 11) is 0. The molecule has 4 saturated carbocycles. The maximum atomic E-state index is 11.6. The van der Waals surface area contributed by atoms with Crippen LogP contribution in [-0.2, 0) is 9.59 Å². The smallest absolute Gasteiger partial charge is 0.338 e. The Hall–Kier alpha value is -3.22. The van der Waals surface area contributed by atoms with Crippen LogP contribution in [0.2, 0.25) is 0 Å². The highest BCUT2D eigenvalue weighted by Crippen LogP contribution is 2.64. The van der Waals surface area contributed by atoms with Crippen LogP contribution in [-0.4, -0.2) is 22.2 Å². The molecular weight excluding hydrogens is 540 g/mol. The number of benzene rings is 2. The molecule has 0 amide bonds. The molecule has 43 heavy (non-hydrogen) atoms. The Labute approximate surface area is 256 Å². The van der Waals surface area contributed by atoms with Gasteiger partial charge in [0.05, 0.1) is 12.2 Å². The maximum Gasteiger partial charge on any atom is 0.338 e. The molecule has 0 saturated heterocycles. The van der Waals surface area contributed by atoms with Crippen molar-refractivity contribution in [1.82, 2.24) is 0 Å². The van der Waals surface area contributed by atoms with E-state index in [1.807, 2.05) is 32.9 Å². The second-order valence-corrected chi connectivity index (χ2v) is 13.9. The summed E-state index contributed by atoms with van der Waals surface area (Å²) in [5.41, 5.74) is 2.40. The average molecular weight is 589 g/mol. The second-order valence-electron chi connectivity index (χ2n) is 13.9. The Kier molecular flexibility index (Phi) is 10.0. The van der Waals surface area contributed by atoms with Gasteiger partial charge in [-0.3, -0.25) is 0 Å². The number of carbonyl (C=O) groups is 2. The zero-order chi connectivity index (χ0) is 31.5. The van der Waals surface area contributed by atoms with Crippen LogP contribution in [0, 0.1) is 28.6 Å². The first-order valence-corrected chi connectivity index (χ1v) is 15.5. The van der Waals surface area contributed by atoms with E-state index in [0.29, 0.717) is 22.6 Å². The molecule has 2 unspecified atom stereocenters. The van der Waals surface area contributed by atoms with Crippen molar-refractivity contribution in [2.75, 3.05) is 0 Å². The first-order valence-electron chi connectivity index (χ1n) is 15.5. The number of rotatable bonds is 9. The summed E-state index contributed by atoms with van der Waals surface area (Å²) in [4.78, 5) is 23.0. The van der Waals surface area contributed by atoms with Crippen LogP contribution in [0.25, 0.3) is 0 Å². The van der Waals surface area contributed by atoms with Crippen molar-refractivity contribution in [3.8, 4) is 11.5 Å². The van der Waals surface area contributed by atoms with Crippen LogP contribution in [0.5, 0.6) is 11.5 Å². The monoisotopic (exact) mass is 588 g/mol. The Bertz CT molecular complexity index is 1280. The lowest BCUT2D eigenvalue weighted by atomic mass is 9.47. The van der Waals surface area contributed by atoms with Crippen LogP contribution >= 0.6 is 0 Å². The van der Waals surface area contributed by atoms with Gasteiger partial charge in [0.25, 0.3) is 0 Å². The van der Waals surface area contributed by atoms with Gasteiger partial charge < -0.3 is 19.7 Å². The van der Waals surface area contributed by atoms with Crippen molar-refractivity contribution in [3.63, 3.8) is 0 Å². The largest absolute Gasteiger partial charge is 0.423 e. The fourth-order valence-corrected chi connectivity index (χ4v) is 7.34. The molecule has 4 bridgehead atoms. The average Bonchev–Trinajstić information content (AvgIpc) is 2.96. The first kappa shape index (κ1) is 32.7. The van der Waals surface area contributed by atoms with E-state index in [2.05, 4.69) is 13.2 Å². The van der Waals surface area contributed by atoms with Crippen molar-refractivity contribution >= 4 is 11.9 Å².